The van der Waals surface area contributed by atoms with Gasteiger partial charge in [0.25, 0.3) is 5.91 Å². The van der Waals surface area contributed by atoms with Crippen LogP contribution < -0.4 is 19.5 Å². The van der Waals surface area contributed by atoms with Gasteiger partial charge in [-0.25, -0.2) is 4.98 Å². The molecule has 2 aromatic heterocycles. The van der Waals surface area contributed by atoms with Crippen LogP contribution in [-0.4, -0.2) is 29.5 Å². The van der Waals surface area contributed by atoms with Gasteiger partial charge in [0, 0.05) is 24.0 Å². The molecule has 4 aromatic rings. The molecule has 2 aromatic carbocycles. The number of anilines is 1. The normalized spacial score (nSPS) is 10.7. The summed E-state index contributed by atoms with van der Waals surface area (Å²) in [6, 6.07) is 15.9. The van der Waals surface area contributed by atoms with Gasteiger partial charge in [-0.3, -0.25) is 4.79 Å². The second kappa shape index (κ2) is 8.97. The molecule has 0 saturated carbocycles. The number of hydrogen-bond acceptors (Lipinski definition) is 5. The van der Waals surface area contributed by atoms with Gasteiger partial charge in [0.05, 0.1) is 30.6 Å². The van der Waals surface area contributed by atoms with Gasteiger partial charge in [0.2, 0.25) is 0 Å². The third-order valence-corrected chi connectivity index (χ3v) is 4.91. The van der Waals surface area contributed by atoms with E-state index in [2.05, 4.69) is 10.3 Å². The largest absolute Gasteiger partial charge is 0.495 e. The highest BCUT2D eigenvalue weighted by molar-refractivity contribution is 6.32. The Hall–Kier alpha value is -3.71. The van der Waals surface area contributed by atoms with Gasteiger partial charge in [-0.15, -0.1) is 0 Å². The van der Waals surface area contributed by atoms with Crippen LogP contribution in [0.5, 0.6) is 17.2 Å². The predicted octanol–water partition coefficient (Wildman–Crippen LogP) is 4.84. The number of nitrogens with zero attached hydrogens (tertiary/aromatic N) is 2. The van der Waals surface area contributed by atoms with Crippen molar-refractivity contribution >= 4 is 28.8 Å². The first-order valence-corrected chi connectivity index (χ1v) is 9.83. The molecule has 8 heteroatoms. The molecule has 0 fully saturated rings. The number of methoxy groups -OCH3 is 2. The molecule has 0 aliphatic rings. The summed E-state index contributed by atoms with van der Waals surface area (Å²) >= 11 is 6.18. The van der Waals surface area contributed by atoms with Crippen molar-refractivity contribution in [3.05, 3.63) is 83.3 Å². The average molecular weight is 438 g/mol. The van der Waals surface area contributed by atoms with Gasteiger partial charge >= 0.3 is 0 Å². The van der Waals surface area contributed by atoms with Crippen LogP contribution in [0.4, 0.5) is 5.69 Å². The molecule has 7 nitrogen and oxygen atoms in total. The molecule has 0 atom stereocenters. The van der Waals surface area contributed by atoms with Crippen molar-refractivity contribution in [2.45, 2.75) is 6.61 Å². The summed E-state index contributed by atoms with van der Waals surface area (Å²) in [7, 11) is 3.02. The van der Waals surface area contributed by atoms with Gasteiger partial charge in [-0.1, -0.05) is 23.7 Å². The Morgan fingerprint density at radius 3 is 2.68 bits per heavy atom. The smallest absolute Gasteiger partial charge is 0.255 e. The first-order valence-electron chi connectivity index (χ1n) is 9.45. The lowest BCUT2D eigenvalue weighted by Gasteiger charge is -2.13. The monoisotopic (exact) mass is 437 g/mol. The Bertz CT molecular complexity index is 1210. The molecular weight excluding hydrogens is 418 g/mol. The van der Waals surface area contributed by atoms with Crippen molar-refractivity contribution in [1.82, 2.24) is 9.38 Å². The highest BCUT2D eigenvalue weighted by Gasteiger charge is 2.14. The molecule has 31 heavy (non-hydrogen) atoms. The third-order valence-electron chi connectivity index (χ3n) is 4.62. The number of benzene rings is 2. The lowest BCUT2D eigenvalue weighted by molar-refractivity contribution is 0.102. The molecule has 0 aliphatic heterocycles. The molecule has 0 radical (unpaired) electrons. The molecular formula is C23H20ClN3O4. The van der Waals surface area contributed by atoms with Crippen molar-refractivity contribution in [3.63, 3.8) is 0 Å². The van der Waals surface area contributed by atoms with Gasteiger partial charge in [0.15, 0.2) is 0 Å². The molecule has 1 amide bonds. The number of nitrogens with one attached hydrogen (secondary N) is 1. The molecule has 0 saturated heterocycles. The third kappa shape index (κ3) is 4.57. The van der Waals surface area contributed by atoms with Crippen LogP contribution in [0.2, 0.25) is 5.02 Å². The number of fused-ring (bicyclic) bond motifs is 1. The van der Waals surface area contributed by atoms with Crippen LogP contribution in [0.25, 0.3) is 5.65 Å². The quantitative estimate of drug-likeness (QED) is 0.448. The summed E-state index contributed by atoms with van der Waals surface area (Å²) in [5.74, 6) is 1.13. The molecule has 0 spiro atoms. The summed E-state index contributed by atoms with van der Waals surface area (Å²) in [6.45, 7) is 0.286. The van der Waals surface area contributed by atoms with Crippen LogP contribution in [0.1, 0.15) is 16.1 Å². The van der Waals surface area contributed by atoms with E-state index in [1.54, 1.807) is 36.4 Å². The number of halogens is 1. The van der Waals surface area contributed by atoms with Crippen molar-refractivity contribution in [2.75, 3.05) is 19.5 Å². The van der Waals surface area contributed by atoms with E-state index in [1.807, 2.05) is 35.0 Å². The fourth-order valence-electron chi connectivity index (χ4n) is 3.09. The SMILES string of the molecule is COc1cc(OC)c(NC(=O)c2cccc(OCc3cn4ccccc4n3)c2)cc1Cl. The van der Waals surface area contributed by atoms with Gasteiger partial charge in [0.1, 0.15) is 29.5 Å². The van der Waals surface area contributed by atoms with Crippen molar-refractivity contribution in [2.24, 2.45) is 0 Å². The zero-order chi connectivity index (χ0) is 21.8. The highest BCUT2D eigenvalue weighted by atomic mass is 35.5. The van der Waals surface area contributed by atoms with Crippen molar-refractivity contribution in [3.8, 4) is 17.2 Å². The minimum atomic E-state index is -0.322. The second-order valence-corrected chi connectivity index (χ2v) is 7.06. The number of ether oxygens (including phenoxy) is 3. The Kier molecular flexibility index (Phi) is 5.95. The number of carbonyl (C=O) groups is 1. The Morgan fingerprint density at radius 2 is 1.90 bits per heavy atom. The average Bonchev–Trinajstić information content (AvgIpc) is 3.21. The van der Waals surface area contributed by atoms with Gasteiger partial charge in [-0.2, -0.15) is 0 Å². The van der Waals surface area contributed by atoms with Gasteiger partial charge in [-0.05, 0) is 36.4 Å². The van der Waals surface area contributed by atoms with E-state index in [0.717, 1.165) is 11.3 Å². The maximum Gasteiger partial charge on any atom is 0.255 e. The summed E-state index contributed by atoms with van der Waals surface area (Å²) < 4.78 is 18.3. The Morgan fingerprint density at radius 1 is 1.06 bits per heavy atom. The molecule has 0 aliphatic carbocycles. The fraction of sp³-hybridized carbons (Fsp3) is 0.130. The minimum Gasteiger partial charge on any atom is -0.495 e. The first-order chi connectivity index (χ1) is 15.1. The number of aromatic nitrogens is 2. The number of imidazole rings is 1. The number of hydrogen-bond donors (Lipinski definition) is 1. The van der Waals surface area contributed by atoms with Crippen molar-refractivity contribution < 1.29 is 19.0 Å². The summed E-state index contributed by atoms with van der Waals surface area (Å²) in [4.78, 5) is 17.3. The highest BCUT2D eigenvalue weighted by Crippen LogP contribution is 2.36. The van der Waals surface area contributed by atoms with Crippen LogP contribution in [-0.2, 0) is 6.61 Å². The number of pyridine rings is 1. The van der Waals surface area contributed by atoms with Crippen LogP contribution in [0, 0.1) is 0 Å². The molecule has 158 valence electrons. The number of rotatable bonds is 7. The maximum absolute atomic E-state index is 12.8. The van der Waals surface area contributed by atoms with Crippen molar-refractivity contribution in [1.29, 1.82) is 0 Å². The molecule has 4 rings (SSSR count). The fourth-order valence-corrected chi connectivity index (χ4v) is 3.33. The van der Waals surface area contributed by atoms with E-state index in [-0.39, 0.29) is 12.5 Å². The van der Waals surface area contributed by atoms with E-state index >= 15 is 0 Å². The lowest BCUT2D eigenvalue weighted by Crippen LogP contribution is -2.13. The zero-order valence-corrected chi connectivity index (χ0v) is 17.7. The van der Waals surface area contributed by atoms with Crippen LogP contribution in [0.15, 0.2) is 67.0 Å². The second-order valence-electron chi connectivity index (χ2n) is 6.66. The first kappa shape index (κ1) is 20.6. The zero-order valence-electron chi connectivity index (χ0n) is 17.0. The van der Waals surface area contributed by atoms with E-state index in [4.69, 9.17) is 25.8 Å². The molecule has 2 heterocycles. The molecule has 0 unspecified atom stereocenters. The van der Waals surface area contributed by atoms with Gasteiger partial charge < -0.3 is 23.9 Å². The van der Waals surface area contributed by atoms with Crippen LogP contribution in [0.3, 0.4) is 0 Å². The summed E-state index contributed by atoms with van der Waals surface area (Å²) in [5, 5.41) is 3.18. The van der Waals surface area contributed by atoms with Crippen LogP contribution >= 0.6 is 11.6 Å². The van der Waals surface area contributed by atoms with E-state index in [9.17, 15) is 4.79 Å². The number of carbonyl (C=O) groups excluding carboxylic acids is 1. The summed E-state index contributed by atoms with van der Waals surface area (Å²) in [5.41, 5.74) is 2.51. The standard InChI is InChI=1S/C23H20ClN3O4/c1-29-20-12-21(30-2)19(11-18(20)24)26-23(28)15-6-5-7-17(10-15)31-14-16-13-27-9-4-3-8-22(27)25-16/h3-13H,14H2,1-2H3,(H,26,28). The Balaban J connectivity index is 1.47. The molecule has 0 bridgehead atoms. The minimum absolute atomic E-state index is 0.286. The van der Waals surface area contributed by atoms with E-state index in [1.165, 1.54) is 14.2 Å². The van der Waals surface area contributed by atoms with E-state index in [0.29, 0.717) is 33.5 Å². The maximum atomic E-state index is 12.8. The molecule has 1 N–H and O–H groups in total. The predicted molar refractivity (Wildman–Crippen MR) is 118 cm³/mol. The lowest BCUT2D eigenvalue weighted by atomic mass is 10.2. The van der Waals surface area contributed by atoms with E-state index < -0.39 is 0 Å². The Labute approximate surface area is 184 Å². The topological polar surface area (TPSA) is 74.1 Å². The summed E-state index contributed by atoms with van der Waals surface area (Å²) in [6.07, 6.45) is 3.84. The number of amides is 1.